The molecule has 0 saturated heterocycles. The van der Waals surface area contributed by atoms with Crippen LogP contribution < -0.4 is 5.69 Å². The molecular formula is C25H27FN2O5. The Morgan fingerprint density at radius 3 is 2.27 bits per heavy atom. The third-order valence-electron chi connectivity index (χ3n) is 5.17. The molecule has 2 atom stereocenters. The second-order valence-corrected chi connectivity index (χ2v) is 8.07. The molecule has 1 aromatic heterocycles. The van der Waals surface area contributed by atoms with Gasteiger partial charge in [-0.25, -0.2) is 9.18 Å². The maximum absolute atomic E-state index is 13.6. The number of para-hydroxylation sites is 1. The predicted octanol–water partition coefficient (Wildman–Crippen LogP) is 3.63. The number of aliphatic hydroxyl groups excluding tert-OH is 2. The highest BCUT2D eigenvalue weighted by atomic mass is 19.1. The molecule has 0 radical (unpaired) electrons. The van der Waals surface area contributed by atoms with Crippen molar-refractivity contribution in [1.82, 2.24) is 9.13 Å². The minimum Gasteiger partial charge on any atom is -0.481 e. The smallest absolute Gasteiger partial charge is 0.333 e. The summed E-state index contributed by atoms with van der Waals surface area (Å²) >= 11 is 0. The fourth-order valence-corrected chi connectivity index (χ4v) is 3.74. The number of aliphatic carboxylic acids is 1. The van der Waals surface area contributed by atoms with Gasteiger partial charge < -0.3 is 15.3 Å². The maximum atomic E-state index is 13.6. The van der Waals surface area contributed by atoms with Gasteiger partial charge >= 0.3 is 11.7 Å². The summed E-state index contributed by atoms with van der Waals surface area (Å²) in [6.45, 7) is 3.71. The van der Waals surface area contributed by atoms with Gasteiger partial charge in [0, 0.05) is 18.0 Å². The van der Waals surface area contributed by atoms with Crippen molar-refractivity contribution in [3.63, 3.8) is 0 Å². The lowest BCUT2D eigenvalue weighted by atomic mass is 10.1. The first-order valence-corrected chi connectivity index (χ1v) is 10.6. The van der Waals surface area contributed by atoms with Crippen molar-refractivity contribution in [2.45, 2.75) is 44.9 Å². The van der Waals surface area contributed by atoms with E-state index in [0.717, 1.165) is 0 Å². The zero-order valence-corrected chi connectivity index (χ0v) is 18.4. The van der Waals surface area contributed by atoms with Crippen LogP contribution in [0.3, 0.4) is 0 Å². The van der Waals surface area contributed by atoms with E-state index >= 15 is 0 Å². The Kier molecular flexibility index (Phi) is 7.63. The van der Waals surface area contributed by atoms with Gasteiger partial charge in [0.15, 0.2) is 0 Å². The Morgan fingerprint density at radius 1 is 1.06 bits per heavy atom. The van der Waals surface area contributed by atoms with Crippen molar-refractivity contribution < 1.29 is 24.5 Å². The molecule has 0 aliphatic heterocycles. The molecular weight excluding hydrogens is 427 g/mol. The number of hydrogen-bond acceptors (Lipinski definition) is 4. The predicted molar refractivity (Wildman–Crippen MR) is 124 cm³/mol. The molecule has 3 N–H and O–H groups in total. The van der Waals surface area contributed by atoms with Crippen molar-refractivity contribution in [2.75, 3.05) is 0 Å². The SMILES string of the molecule is CC(C)n1c(C=C[C@@H](O)C[C@@H](O)CC(=O)O)c(-c2ccc(F)cc2)n(-c2ccccc2)c1=O. The minimum absolute atomic E-state index is 0.167. The van der Waals surface area contributed by atoms with Crippen molar-refractivity contribution in [2.24, 2.45) is 0 Å². The molecule has 0 spiro atoms. The van der Waals surface area contributed by atoms with Gasteiger partial charge in [-0.2, -0.15) is 0 Å². The first kappa shape index (κ1) is 24.2. The molecule has 0 unspecified atom stereocenters. The molecule has 0 fully saturated rings. The summed E-state index contributed by atoms with van der Waals surface area (Å²) < 4.78 is 16.7. The average Bonchev–Trinajstić information content (AvgIpc) is 3.05. The molecule has 174 valence electrons. The van der Waals surface area contributed by atoms with E-state index in [9.17, 15) is 24.2 Å². The number of benzene rings is 2. The van der Waals surface area contributed by atoms with Gasteiger partial charge in [-0.1, -0.05) is 24.3 Å². The fraction of sp³-hybridized carbons (Fsp3) is 0.280. The molecule has 0 aliphatic carbocycles. The topological polar surface area (TPSA) is 105 Å². The highest BCUT2D eigenvalue weighted by molar-refractivity contribution is 5.73. The van der Waals surface area contributed by atoms with Gasteiger partial charge in [0.05, 0.1) is 35.7 Å². The molecule has 0 aliphatic rings. The quantitative estimate of drug-likeness (QED) is 0.458. The number of hydrogen-bond donors (Lipinski definition) is 3. The van der Waals surface area contributed by atoms with Crippen LogP contribution in [0, 0.1) is 5.82 Å². The monoisotopic (exact) mass is 454 g/mol. The van der Waals surface area contributed by atoms with Crippen LogP contribution in [0.15, 0.2) is 65.5 Å². The van der Waals surface area contributed by atoms with Crippen molar-refractivity contribution in [3.05, 3.63) is 82.7 Å². The number of rotatable bonds is 9. The molecule has 2 aromatic carbocycles. The van der Waals surface area contributed by atoms with Gasteiger partial charge in [-0.15, -0.1) is 0 Å². The zero-order chi connectivity index (χ0) is 24.1. The van der Waals surface area contributed by atoms with E-state index in [1.54, 1.807) is 39.5 Å². The van der Waals surface area contributed by atoms with Crippen LogP contribution in [0.25, 0.3) is 23.0 Å². The Labute approximate surface area is 190 Å². The lowest BCUT2D eigenvalue weighted by molar-refractivity contribution is -0.139. The normalized spacial score (nSPS) is 13.5. The van der Waals surface area contributed by atoms with Crippen molar-refractivity contribution in [3.8, 4) is 16.9 Å². The Balaban J connectivity index is 2.16. The molecule has 1 heterocycles. The van der Waals surface area contributed by atoms with E-state index in [-0.39, 0.29) is 18.2 Å². The van der Waals surface area contributed by atoms with E-state index in [1.807, 2.05) is 32.0 Å². The third kappa shape index (κ3) is 5.66. The minimum atomic E-state index is -1.21. The van der Waals surface area contributed by atoms with Crippen LogP contribution >= 0.6 is 0 Å². The number of imidazole rings is 1. The molecule has 0 amide bonds. The number of aromatic nitrogens is 2. The lowest BCUT2D eigenvalue weighted by Crippen LogP contribution is -2.25. The second kappa shape index (κ2) is 10.4. The highest BCUT2D eigenvalue weighted by Gasteiger charge is 2.23. The van der Waals surface area contributed by atoms with E-state index in [1.165, 1.54) is 18.2 Å². The van der Waals surface area contributed by atoms with Crippen molar-refractivity contribution >= 4 is 12.0 Å². The average molecular weight is 454 g/mol. The Bertz CT molecular complexity index is 1180. The molecule has 0 bridgehead atoms. The summed E-state index contributed by atoms with van der Waals surface area (Å²) in [6.07, 6.45) is 0.0158. The third-order valence-corrected chi connectivity index (χ3v) is 5.17. The fourth-order valence-electron chi connectivity index (χ4n) is 3.74. The van der Waals surface area contributed by atoms with Crippen LogP contribution in [0.2, 0.25) is 0 Å². The highest BCUT2D eigenvalue weighted by Crippen LogP contribution is 2.29. The molecule has 7 nitrogen and oxygen atoms in total. The standard InChI is InChI=1S/C25H27FN2O5/c1-16(2)27-22(13-12-20(29)14-21(30)15-23(31)32)24(17-8-10-18(26)11-9-17)28(25(27)33)19-6-4-3-5-7-19/h3-13,16,20-21,29-30H,14-15H2,1-2H3,(H,31,32)/t20-,21-/m1/s1. The van der Waals surface area contributed by atoms with Crippen LogP contribution in [0.5, 0.6) is 0 Å². The van der Waals surface area contributed by atoms with E-state index in [4.69, 9.17) is 5.11 Å². The molecule has 3 rings (SSSR count). The molecule has 8 heteroatoms. The van der Waals surface area contributed by atoms with Crippen molar-refractivity contribution in [1.29, 1.82) is 0 Å². The van der Waals surface area contributed by atoms with Gasteiger partial charge in [0.1, 0.15) is 5.82 Å². The number of carbonyl (C=O) groups is 1. The molecule has 0 saturated carbocycles. The van der Waals surface area contributed by atoms with E-state index < -0.39 is 30.4 Å². The van der Waals surface area contributed by atoms with Crippen LogP contribution in [0.1, 0.15) is 38.4 Å². The summed E-state index contributed by atoms with van der Waals surface area (Å²) in [4.78, 5) is 24.3. The Morgan fingerprint density at radius 2 is 1.70 bits per heavy atom. The van der Waals surface area contributed by atoms with Crippen LogP contribution in [0.4, 0.5) is 4.39 Å². The first-order chi connectivity index (χ1) is 15.7. The molecule has 3 aromatic rings. The summed E-state index contributed by atoms with van der Waals surface area (Å²) in [5.74, 6) is -1.57. The van der Waals surface area contributed by atoms with E-state index in [2.05, 4.69) is 0 Å². The second-order valence-electron chi connectivity index (χ2n) is 8.07. The summed E-state index contributed by atoms with van der Waals surface area (Å²) in [5, 5.41) is 28.9. The maximum Gasteiger partial charge on any atom is 0.333 e. The first-order valence-electron chi connectivity index (χ1n) is 10.6. The summed E-state index contributed by atoms with van der Waals surface area (Å²) in [6, 6.07) is 14.6. The number of aliphatic hydroxyl groups is 2. The number of nitrogens with zero attached hydrogens (tertiary/aromatic N) is 2. The number of halogens is 1. The lowest BCUT2D eigenvalue weighted by Gasteiger charge is -2.13. The van der Waals surface area contributed by atoms with Gasteiger partial charge in [0.2, 0.25) is 0 Å². The van der Waals surface area contributed by atoms with Gasteiger partial charge in [-0.05, 0) is 56.3 Å². The Hall–Kier alpha value is -3.49. The molecule has 33 heavy (non-hydrogen) atoms. The van der Waals surface area contributed by atoms with Crippen LogP contribution in [-0.2, 0) is 4.79 Å². The largest absolute Gasteiger partial charge is 0.481 e. The summed E-state index contributed by atoms with van der Waals surface area (Å²) in [5.41, 5.74) is 1.97. The zero-order valence-electron chi connectivity index (χ0n) is 18.4. The van der Waals surface area contributed by atoms with Gasteiger partial charge in [-0.3, -0.25) is 13.9 Å². The summed E-state index contributed by atoms with van der Waals surface area (Å²) in [7, 11) is 0. The van der Waals surface area contributed by atoms with Gasteiger partial charge in [0.25, 0.3) is 0 Å². The number of carboxylic acid groups (broad SMARTS) is 1. The number of carboxylic acids is 1. The van der Waals surface area contributed by atoms with E-state index in [0.29, 0.717) is 22.6 Å². The van der Waals surface area contributed by atoms with Crippen LogP contribution in [-0.4, -0.2) is 42.6 Å².